The van der Waals surface area contributed by atoms with Crippen LogP contribution in [0.15, 0.2) is 18.2 Å². The smallest absolute Gasteiger partial charge is 0.169 e. The normalized spacial score (nSPS) is 22.4. The third kappa shape index (κ3) is 1.24. The standard InChI is InChI=1S/C13H14FNO/c14-11-3-1-2-9-10(11)8-13(12(9)16)4-6-15-7-5-13/h1-3,15H,4-8H2. The third-order valence-electron chi connectivity index (χ3n) is 3.92. The summed E-state index contributed by atoms with van der Waals surface area (Å²) in [6.07, 6.45) is 2.26. The minimum absolute atomic E-state index is 0.156. The molecular formula is C13H14FNO. The maximum Gasteiger partial charge on any atom is 0.169 e. The van der Waals surface area contributed by atoms with Crippen molar-refractivity contribution in [1.82, 2.24) is 5.32 Å². The van der Waals surface area contributed by atoms with Crippen molar-refractivity contribution in [2.75, 3.05) is 13.1 Å². The van der Waals surface area contributed by atoms with E-state index in [0.29, 0.717) is 17.5 Å². The molecule has 0 unspecified atom stereocenters. The van der Waals surface area contributed by atoms with E-state index in [0.717, 1.165) is 25.9 Å². The van der Waals surface area contributed by atoms with Gasteiger partial charge < -0.3 is 5.32 Å². The molecule has 1 heterocycles. The van der Waals surface area contributed by atoms with Gasteiger partial charge in [-0.3, -0.25) is 4.79 Å². The van der Waals surface area contributed by atoms with Gasteiger partial charge in [-0.2, -0.15) is 0 Å². The Bertz CT molecular complexity index is 449. The van der Waals surface area contributed by atoms with Crippen LogP contribution in [0.1, 0.15) is 28.8 Å². The van der Waals surface area contributed by atoms with Gasteiger partial charge in [0, 0.05) is 11.0 Å². The van der Waals surface area contributed by atoms with E-state index in [1.807, 2.05) is 0 Å². The Labute approximate surface area is 93.9 Å². The summed E-state index contributed by atoms with van der Waals surface area (Å²) in [6, 6.07) is 4.84. The lowest BCUT2D eigenvalue weighted by Crippen LogP contribution is -2.40. The van der Waals surface area contributed by atoms with Gasteiger partial charge in [0.25, 0.3) is 0 Å². The van der Waals surface area contributed by atoms with E-state index in [1.54, 1.807) is 12.1 Å². The van der Waals surface area contributed by atoms with Crippen molar-refractivity contribution in [3.8, 4) is 0 Å². The Morgan fingerprint density at radius 3 is 2.69 bits per heavy atom. The van der Waals surface area contributed by atoms with Crippen molar-refractivity contribution >= 4 is 5.78 Å². The maximum atomic E-state index is 13.6. The molecule has 0 amide bonds. The summed E-state index contributed by atoms with van der Waals surface area (Å²) in [5.41, 5.74) is 0.937. The summed E-state index contributed by atoms with van der Waals surface area (Å²) >= 11 is 0. The second-order valence-corrected chi connectivity index (χ2v) is 4.80. The number of ketones is 1. The molecule has 1 spiro atoms. The highest BCUT2D eigenvalue weighted by Gasteiger charge is 2.46. The predicted octanol–water partition coefficient (Wildman–Crippen LogP) is 1.93. The summed E-state index contributed by atoms with van der Waals surface area (Å²) in [4.78, 5) is 12.3. The van der Waals surface area contributed by atoms with Gasteiger partial charge >= 0.3 is 0 Å². The molecule has 0 radical (unpaired) electrons. The summed E-state index contributed by atoms with van der Waals surface area (Å²) < 4.78 is 13.6. The zero-order valence-corrected chi connectivity index (χ0v) is 9.05. The molecule has 1 aliphatic carbocycles. The Kier molecular flexibility index (Phi) is 2.11. The van der Waals surface area contributed by atoms with Gasteiger partial charge in [0.1, 0.15) is 5.82 Å². The maximum absolute atomic E-state index is 13.6. The number of rotatable bonds is 0. The van der Waals surface area contributed by atoms with Crippen molar-refractivity contribution < 1.29 is 9.18 Å². The van der Waals surface area contributed by atoms with E-state index >= 15 is 0 Å². The van der Waals surface area contributed by atoms with Gasteiger partial charge in [-0.15, -0.1) is 0 Å². The molecule has 1 fully saturated rings. The number of carbonyl (C=O) groups excluding carboxylic acids is 1. The average molecular weight is 219 g/mol. The summed E-state index contributed by atoms with van der Waals surface area (Å²) in [5.74, 6) is -0.0650. The van der Waals surface area contributed by atoms with Crippen molar-refractivity contribution in [3.05, 3.63) is 35.1 Å². The number of hydrogen-bond acceptors (Lipinski definition) is 2. The van der Waals surface area contributed by atoms with E-state index in [2.05, 4.69) is 5.32 Å². The second-order valence-electron chi connectivity index (χ2n) is 4.80. The molecule has 1 aliphatic heterocycles. The van der Waals surface area contributed by atoms with Gasteiger partial charge in [-0.25, -0.2) is 4.39 Å². The summed E-state index contributed by atoms with van der Waals surface area (Å²) in [6.45, 7) is 1.72. The SMILES string of the molecule is O=C1c2cccc(F)c2CC12CCNCC2. The number of benzene rings is 1. The molecule has 16 heavy (non-hydrogen) atoms. The van der Waals surface area contributed by atoms with Crippen LogP contribution in [0, 0.1) is 11.2 Å². The number of carbonyl (C=O) groups is 1. The first kappa shape index (κ1) is 9.97. The predicted molar refractivity (Wildman–Crippen MR) is 59.0 cm³/mol. The molecule has 1 aromatic rings. The molecule has 0 saturated carbocycles. The summed E-state index contributed by atoms with van der Waals surface area (Å²) in [5, 5.41) is 3.25. The van der Waals surface area contributed by atoms with Gasteiger partial charge in [0.05, 0.1) is 0 Å². The van der Waals surface area contributed by atoms with Crippen LogP contribution in [-0.4, -0.2) is 18.9 Å². The summed E-state index contributed by atoms with van der Waals surface area (Å²) in [7, 11) is 0. The molecule has 1 N–H and O–H groups in total. The fourth-order valence-electron chi connectivity index (χ4n) is 2.96. The van der Waals surface area contributed by atoms with Crippen molar-refractivity contribution in [2.24, 2.45) is 5.41 Å². The number of Topliss-reactive ketones (excluding diaryl/α,β-unsaturated/α-hetero) is 1. The highest BCUT2D eigenvalue weighted by Crippen LogP contribution is 2.43. The van der Waals surface area contributed by atoms with Crippen LogP contribution >= 0.6 is 0 Å². The number of fused-ring (bicyclic) bond motifs is 1. The van der Waals surface area contributed by atoms with Gasteiger partial charge in [0.15, 0.2) is 5.78 Å². The molecule has 2 nitrogen and oxygen atoms in total. The lowest BCUT2D eigenvalue weighted by atomic mass is 9.75. The zero-order chi connectivity index (χ0) is 11.2. The largest absolute Gasteiger partial charge is 0.317 e. The van der Waals surface area contributed by atoms with Crippen LogP contribution in [0.3, 0.4) is 0 Å². The lowest BCUT2D eigenvalue weighted by molar-refractivity contribution is 0.0761. The molecule has 3 rings (SSSR count). The van der Waals surface area contributed by atoms with Gasteiger partial charge in [-0.1, -0.05) is 12.1 Å². The fraction of sp³-hybridized carbons (Fsp3) is 0.462. The Morgan fingerprint density at radius 2 is 2.00 bits per heavy atom. The van der Waals surface area contributed by atoms with Crippen molar-refractivity contribution in [2.45, 2.75) is 19.3 Å². The van der Waals surface area contributed by atoms with Crippen molar-refractivity contribution in [1.29, 1.82) is 0 Å². The molecule has 0 atom stereocenters. The van der Waals surface area contributed by atoms with E-state index in [9.17, 15) is 9.18 Å². The molecule has 2 aliphatic rings. The molecular weight excluding hydrogens is 205 g/mol. The first-order chi connectivity index (χ1) is 7.73. The second kappa shape index (κ2) is 3.39. The quantitative estimate of drug-likeness (QED) is 0.722. The van der Waals surface area contributed by atoms with Crippen LogP contribution in [-0.2, 0) is 6.42 Å². The van der Waals surface area contributed by atoms with E-state index < -0.39 is 0 Å². The van der Waals surface area contributed by atoms with E-state index in [-0.39, 0.29) is 17.0 Å². The third-order valence-corrected chi connectivity index (χ3v) is 3.92. The van der Waals surface area contributed by atoms with Crippen molar-refractivity contribution in [3.63, 3.8) is 0 Å². The monoisotopic (exact) mass is 219 g/mol. The van der Waals surface area contributed by atoms with Gasteiger partial charge in [0.2, 0.25) is 0 Å². The Balaban J connectivity index is 2.05. The van der Waals surface area contributed by atoms with Crippen LogP contribution in [0.5, 0.6) is 0 Å². The molecule has 84 valence electrons. The average Bonchev–Trinajstić information content (AvgIpc) is 2.57. The first-order valence-corrected chi connectivity index (χ1v) is 5.76. The molecule has 0 aromatic heterocycles. The van der Waals surface area contributed by atoms with Crippen LogP contribution in [0.25, 0.3) is 0 Å². The van der Waals surface area contributed by atoms with Crippen LogP contribution in [0.2, 0.25) is 0 Å². The molecule has 3 heteroatoms. The fourth-order valence-corrected chi connectivity index (χ4v) is 2.96. The van der Waals surface area contributed by atoms with Crippen LogP contribution < -0.4 is 5.32 Å². The lowest BCUT2D eigenvalue weighted by Gasteiger charge is -2.31. The number of halogens is 1. The first-order valence-electron chi connectivity index (χ1n) is 5.76. The minimum atomic E-state index is -0.310. The number of nitrogens with one attached hydrogen (secondary N) is 1. The number of piperidine rings is 1. The zero-order valence-electron chi connectivity index (χ0n) is 9.05. The molecule has 0 bridgehead atoms. The topological polar surface area (TPSA) is 29.1 Å². The molecule has 1 aromatic carbocycles. The Hall–Kier alpha value is -1.22. The van der Waals surface area contributed by atoms with Gasteiger partial charge in [-0.05, 0) is 44.0 Å². The highest BCUT2D eigenvalue weighted by atomic mass is 19.1. The highest BCUT2D eigenvalue weighted by molar-refractivity contribution is 6.05. The molecule has 1 saturated heterocycles. The number of hydrogen-bond donors (Lipinski definition) is 1. The van der Waals surface area contributed by atoms with E-state index in [1.165, 1.54) is 6.07 Å². The van der Waals surface area contributed by atoms with E-state index in [4.69, 9.17) is 0 Å². The minimum Gasteiger partial charge on any atom is -0.317 e. The van der Waals surface area contributed by atoms with Crippen LogP contribution in [0.4, 0.5) is 4.39 Å². The Morgan fingerprint density at radius 1 is 1.25 bits per heavy atom.